The van der Waals surface area contributed by atoms with Gasteiger partial charge in [0.1, 0.15) is 5.56 Å². The van der Waals surface area contributed by atoms with Gasteiger partial charge in [-0.05, 0) is 49.6 Å². The van der Waals surface area contributed by atoms with E-state index in [1.54, 1.807) is 6.92 Å². The Bertz CT molecular complexity index is 1310. The average molecular weight is 562 g/mol. The highest BCUT2D eigenvalue weighted by atomic mass is 35.5. The smallest absolute Gasteiger partial charge is 0.436 e. The average Bonchev–Trinajstić information content (AvgIpc) is 3.40. The van der Waals surface area contributed by atoms with Crippen molar-refractivity contribution in [2.45, 2.75) is 31.9 Å². The number of nitrogens with one attached hydrogen (secondary N) is 2. The Labute approximate surface area is 230 Å². The first-order valence-corrected chi connectivity index (χ1v) is 13.6. The Hall–Kier alpha value is -3.24. The van der Waals surface area contributed by atoms with E-state index >= 15 is 0 Å². The minimum atomic E-state index is -4.78. The van der Waals surface area contributed by atoms with Gasteiger partial charge in [0, 0.05) is 67.1 Å². The van der Waals surface area contributed by atoms with E-state index in [2.05, 4.69) is 49.6 Å². The monoisotopic (exact) mass is 561 g/mol. The number of anilines is 2. The number of esters is 1. The molecule has 0 spiro atoms. The lowest BCUT2D eigenvalue weighted by Gasteiger charge is -2.35. The van der Waals surface area contributed by atoms with Crippen molar-refractivity contribution in [2.24, 2.45) is 0 Å². The molecule has 0 amide bonds. The predicted molar refractivity (Wildman–Crippen MR) is 146 cm³/mol. The number of carbonyl (C=O) groups is 1. The van der Waals surface area contributed by atoms with Gasteiger partial charge >= 0.3 is 12.1 Å². The molecule has 2 aromatic carbocycles. The summed E-state index contributed by atoms with van der Waals surface area (Å²) < 4.78 is 46.0. The van der Waals surface area contributed by atoms with Crippen LogP contribution in [0.15, 0.2) is 42.5 Å². The molecule has 0 saturated carbocycles. The number of rotatable bonds is 6. The zero-order valence-electron chi connectivity index (χ0n) is 21.7. The molecule has 208 valence electrons. The number of nitrogens with zero attached hydrogens (tertiary/aromatic N) is 3. The van der Waals surface area contributed by atoms with Crippen molar-refractivity contribution in [2.75, 3.05) is 55.7 Å². The van der Waals surface area contributed by atoms with Gasteiger partial charge in [0.25, 0.3) is 0 Å². The van der Waals surface area contributed by atoms with Crippen LogP contribution >= 0.6 is 11.6 Å². The molecule has 2 N–H and O–H groups in total. The van der Waals surface area contributed by atoms with E-state index in [9.17, 15) is 18.0 Å². The molecule has 7 nitrogen and oxygen atoms in total. The van der Waals surface area contributed by atoms with Crippen LogP contribution in [0, 0.1) is 0 Å². The molecule has 2 aliphatic rings. The number of carbonyl (C=O) groups excluding carboxylic acids is 1. The second-order valence-electron chi connectivity index (χ2n) is 9.81. The van der Waals surface area contributed by atoms with Gasteiger partial charge in [-0.1, -0.05) is 29.8 Å². The summed E-state index contributed by atoms with van der Waals surface area (Å²) >= 11 is 6.42. The van der Waals surface area contributed by atoms with E-state index in [0.717, 1.165) is 49.4 Å². The summed E-state index contributed by atoms with van der Waals surface area (Å²) in [7, 11) is 0. The number of hydrogen-bond acceptors (Lipinski definition) is 6. The minimum Gasteiger partial charge on any atom is -0.462 e. The Balaban J connectivity index is 1.44. The van der Waals surface area contributed by atoms with Gasteiger partial charge in [0.15, 0.2) is 5.69 Å². The molecule has 3 aromatic rings. The van der Waals surface area contributed by atoms with Gasteiger partial charge in [0.2, 0.25) is 0 Å². The molecule has 2 saturated heterocycles. The number of aromatic amines is 1. The van der Waals surface area contributed by atoms with Crippen molar-refractivity contribution in [3.63, 3.8) is 0 Å². The second-order valence-corrected chi connectivity index (χ2v) is 10.2. The first-order valence-electron chi connectivity index (χ1n) is 13.2. The molecule has 1 atom stereocenters. The zero-order chi connectivity index (χ0) is 27.6. The van der Waals surface area contributed by atoms with Crippen LogP contribution in [0.5, 0.6) is 0 Å². The summed E-state index contributed by atoms with van der Waals surface area (Å²) in [5.41, 5.74) is 2.48. The fraction of sp³-hybridized carbons (Fsp3) is 0.429. The van der Waals surface area contributed by atoms with Gasteiger partial charge in [-0.25, -0.2) is 4.79 Å². The predicted octanol–water partition coefficient (Wildman–Crippen LogP) is 5.72. The van der Waals surface area contributed by atoms with Crippen LogP contribution in [0.25, 0.3) is 11.1 Å². The molecule has 3 heterocycles. The molecular weight excluding hydrogens is 531 g/mol. The number of alkyl halides is 3. The number of piperidine rings is 1. The molecule has 0 bridgehead atoms. The van der Waals surface area contributed by atoms with E-state index in [0.29, 0.717) is 24.5 Å². The van der Waals surface area contributed by atoms with Crippen molar-refractivity contribution in [3.8, 4) is 11.1 Å². The minimum absolute atomic E-state index is 0.0309. The number of ether oxygens (including phenoxy) is 1. The van der Waals surface area contributed by atoms with Crippen molar-refractivity contribution in [1.82, 2.24) is 15.5 Å². The lowest BCUT2D eigenvalue weighted by Crippen LogP contribution is -2.43. The van der Waals surface area contributed by atoms with E-state index in [1.165, 1.54) is 5.69 Å². The normalized spacial score (nSPS) is 18.3. The lowest BCUT2D eigenvalue weighted by molar-refractivity contribution is -0.141. The van der Waals surface area contributed by atoms with Gasteiger partial charge in [-0.3, -0.25) is 5.10 Å². The van der Waals surface area contributed by atoms with Gasteiger partial charge in [0.05, 0.1) is 12.3 Å². The number of halogens is 4. The van der Waals surface area contributed by atoms with E-state index in [-0.39, 0.29) is 18.2 Å². The third kappa shape index (κ3) is 5.86. The highest BCUT2D eigenvalue weighted by Crippen LogP contribution is 2.40. The standard InChI is InChI=1S/C28H31ClF3N5O2/c1-2-39-27(38)24-25(34-35-26(24)28(30,31)32)19-4-3-13-37(17-19)23-16-20(29)7-10-22(23)18-5-8-21(9-6-18)36-14-11-33-12-15-36/h5-10,16,19,33H,2-4,11-15,17H2,1H3,(H,34,35). The Morgan fingerprint density at radius 3 is 2.54 bits per heavy atom. The maximum absolute atomic E-state index is 13.7. The summed E-state index contributed by atoms with van der Waals surface area (Å²) in [6, 6.07) is 14.1. The molecular formula is C28H31ClF3N5O2. The third-order valence-corrected chi connectivity index (χ3v) is 7.57. The van der Waals surface area contributed by atoms with Gasteiger partial charge in [-0.15, -0.1) is 0 Å². The number of H-pyrrole nitrogens is 1. The summed E-state index contributed by atoms with van der Waals surface area (Å²) in [4.78, 5) is 17.1. The van der Waals surface area contributed by atoms with Crippen LogP contribution in [-0.4, -0.2) is 62.0 Å². The molecule has 0 aliphatic carbocycles. The number of benzene rings is 2. The van der Waals surface area contributed by atoms with Gasteiger partial charge in [-0.2, -0.15) is 18.3 Å². The Morgan fingerprint density at radius 1 is 1.10 bits per heavy atom. The topological polar surface area (TPSA) is 73.5 Å². The van der Waals surface area contributed by atoms with Crippen LogP contribution < -0.4 is 15.1 Å². The maximum atomic E-state index is 13.7. The molecule has 0 radical (unpaired) electrons. The molecule has 2 aliphatic heterocycles. The van der Waals surface area contributed by atoms with Crippen molar-refractivity contribution < 1.29 is 22.7 Å². The van der Waals surface area contributed by atoms with Crippen molar-refractivity contribution >= 4 is 28.9 Å². The molecule has 5 rings (SSSR count). The maximum Gasteiger partial charge on any atom is 0.436 e. The van der Waals surface area contributed by atoms with E-state index in [4.69, 9.17) is 16.3 Å². The van der Waals surface area contributed by atoms with E-state index in [1.807, 2.05) is 18.2 Å². The summed E-state index contributed by atoms with van der Waals surface area (Å²) in [6.07, 6.45) is -3.44. The summed E-state index contributed by atoms with van der Waals surface area (Å²) in [5, 5.41) is 9.95. The van der Waals surface area contributed by atoms with Crippen LogP contribution in [0.2, 0.25) is 5.02 Å². The number of piperazine rings is 1. The number of aromatic nitrogens is 2. The Morgan fingerprint density at radius 2 is 1.85 bits per heavy atom. The zero-order valence-corrected chi connectivity index (χ0v) is 22.4. The first kappa shape index (κ1) is 27.3. The quantitative estimate of drug-likeness (QED) is 0.375. The first-order chi connectivity index (χ1) is 18.8. The van der Waals surface area contributed by atoms with Crippen LogP contribution in [0.1, 0.15) is 47.4 Å². The molecule has 1 aromatic heterocycles. The van der Waals surface area contributed by atoms with Crippen molar-refractivity contribution in [3.05, 3.63) is 64.4 Å². The fourth-order valence-electron chi connectivity index (χ4n) is 5.48. The third-order valence-electron chi connectivity index (χ3n) is 7.33. The SMILES string of the molecule is CCOC(=O)c1c(C(F)(F)F)n[nH]c1C1CCCN(c2cc(Cl)ccc2-c2ccc(N3CCNCC3)cc2)C1. The fourth-order valence-corrected chi connectivity index (χ4v) is 5.65. The molecule has 11 heteroatoms. The van der Waals surface area contributed by atoms with Crippen LogP contribution in [0.4, 0.5) is 24.5 Å². The Kier molecular flexibility index (Phi) is 8.04. The second kappa shape index (κ2) is 11.5. The van der Waals surface area contributed by atoms with Crippen LogP contribution in [0.3, 0.4) is 0 Å². The molecule has 39 heavy (non-hydrogen) atoms. The molecule has 2 fully saturated rings. The highest BCUT2D eigenvalue weighted by Gasteiger charge is 2.42. The lowest BCUT2D eigenvalue weighted by atomic mass is 9.90. The summed E-state index contributed by atoms with van der Waals surface area (Å²) in [5.74, 6) is -1.39. The summed E-state index contributed by atoms with van der Waals surface area (Å²) in [6.45, 7) is 6.46. The van der Waals surface area contributed by atoms with Crippen molar-refractivity contribution in [1.29, 1.82) is 0 Å². The van der Waals surface area contributed by atoms with Gasteiger partial charge < -0.3 is 19.9 Å². The number of hydrogen-bond donors (Lipinski definition) is 2. The van der Waals surface area contributed by atoms with Crippen LogP contribution in [-0.2, 0) is 10.9 Å². The molecule has 1 unspecified atom stereocenters. The highest BCUT2D eigenvalue weighted by molar-refractivity contribution is 6.31. The largest absolute Gasteiger partial charge is 0.462 e. The van der Waals surface area contributed by atoms with E-state index < -0.39 is 23.4 Å².